The second kappa shape index (κ2) is 5.27. The topological polar surface area (TPSA) is 38.3 Å². The molecule has 1 saturated heterocycles. The SMILES string of the molecule is COC(=O)C1CCC(c2cccc(F)c2)CN1. The summed E-state index contributed by atoms with van der Waals surface area (Å²) in [5, 5.41) is 3.14. The Labute approximate surface area is 100.0 Å². The molecule has 0 radical (unpaired) electrons. The molecule has 0 aliphatic carbocycles. The Bertz CT molecular complexity index is 400. The maximum Gasteiger partial charge on any atom is 0.322 e. The van der Waals surface area contributed by atoms with Crippen LogP contribution in [0.4, 0.5) is 4.39 Å². The summed E-state index contributed by atoms with van der Waals surface area (Å²) in [6.07, 6.45) is 1.60. The molecule has 1 N–H and O–H groups in total. The van der Waals surface area contributed by atoms with Crippen molar-refractivity contribution in [3.63, 3.8) is 0 Å². The van der Waals surface area contributed by atoms with E-state index in [4.69, 9.17) is 0 Å². The van der Waals surface area contributed by atoms with Crippen LogP contribution < -0.4 is 5.32 Å². The molecule has 1 aliphatic rings. The van der Waals surface area contributed by atoms with Gasteiger partial charge in [-0.3, -0.25) is 4.79 Å². The Morgan fingerprint density at radius 3 is 2.88 bits per heavy atom. The summed E-state index contributed by atoms with van der Waals surface area (Å²) in [4.78, 5) is 11.3. The van der Waals surface area contributed by atoms with Crippen molar-refractivity contribution >= 4 is 5.97 Å². The molecule has 1 aromatic carbocycles. The Morgan fingerprint density at radius 1 is 1.47 bits per heavy atom. The lowest BCUT2D eigenvalue weighted by atomic mass is 9.89. The first-order valence-corrected chi connectivity index (χ1v) is 5.77. The molecule has 0 spiro atoms. The van der Waals surface area contributed by atoms with Crippen molar-refractivity contribution in [2.45, 2.75) is 24.8 Å². The van der Waals surface area contributed by atoms with Crippen LogP contribution in [0, 0.1) is 5.82 Å². The number of methoxy groups -OCH3 is 1. The van der Waals surface area contributed by atoms with Gasteiger partial charge in [0, 0.05) is 6.54 Å². The molecule has 3 nitrogen and oxygen atoms in total. The van der Waals surface area contributed by atoms with Crippen LogP contribution in [-0.4, -0.2) is 25.7 Å². The Hall–Kier alpha value is -1.42. The monoisotopic (exact) mass is 237 g/mol. The molecule has 1 aromatic rings. The van der Waals surface area contributed by atoms with E-state index >= 15 is 0 Å². The van der Waals surface area contributed by atoms with Crippen molar-refractivity contribution in [1.29, 1.82) is 0 Å². The van der Waals surface area contributed by atoms with Crippen molar-refractivity contribution in [3.8, 4) is 0 Å². The van der Waals surface area contributed by atoms with Crippen LogP contribution in [0.3, 0.4) is 0 Å². The van der Waals surface area contributed by atoms with Gasteiger partial charge in [-0.25, -0.2) is 4.39 Å². The van der Waals surface area contributed by atoms with E-state index < -0.39 is 0 Å². The van der Waals surface area contributed by atoms with Crippen molar-refractivity contribution in [2.24, 2.45) is 0 Å². The summed E-state index contributed by atoms with van der Waals surface area (Å²) in [6.45, 7) is 0.684. The van der Waals surface area contributed by atoms with Crippen LogP contribution in [0.25, 0.3) is 0 Å². The molecular formula is C13H16FNO2. The van der Waals surface area contributed by atoms with Crippen molar-refractivity contribution < 1.29 is 13.9 Å². The molecule has 92 valence electrons. The van der Waals surface area contributed by atoms with E-state index in [1.54, 1.807) is 12.1 Å². The highest BCUT2D eigenvalue weighted by molar-refractivity contribution is 5.75. The second-order valence-electron chi connectivity index (χ2n) is 4.31. The molecule has 0 amide bonds. The van der Waals surface area contributed by atoms with Gasteiger partial charge >= 0.3 is 5.97 Å². The highest BCUT2D eigenvalue weighted by Gasteiger charge is 2.26. The smallest absolute Gasteiger partial charge is 0.322 e. The van der Waals surface area contributed by atoms with E-state index in [1.807, 2.05) is 6.07 Å². The molecule has 1 fully saturated rings. The highest BCUT2D eigenvalue weighted by atomic mass is 19.1. The van der Waals surface area contributed by atoms with E-state index in [0.717, 1.165) is 18.4 Å². The zero-order valence-electron chi connectivity index (χ0n) is 9.78. The minimum atomic E-state index is -0.220. The number of carbonyl (C=O) groups is 1. The third kappa shape index (κ3) is 2.82. The lowest BCUT2D eigenvalue weighted by Crippen LogP contribution is -2.43. The number of piperidine rings is 1. The Balaban J connectivity index is 1.97. The molecule has 17 heavy (non-hydrogen) atoms. The highest BCUT2D eigenvalue weighted by Crippen LogP contribution is 2.25. The van der Waals surface area contributed by atoms with E-state index in [9.17, 15) is 9.18 Å². The molecule has 1 heterocycles. The number of hydrogen-bond acceptors (Lipinski definition) is 3. The minimum Gasteiger partial charge on any atom is -0.468 e. The lowest BCUT2D eigenvalue weighted by molar-refractivity contribution is -0.143. The maximum atomic E-state index is 13.1. The Morgan fingerprint density at radius 2 is 2.29 bits per heavy atom. The standard InChI is InChI=1S/C13H16FNO2/c1-17-13(16)12-6-5-10(8-15-12)9-3-2-4-11(14)7-9/h2-4,7,10,12,15H,5-6,8H2,1H3. The lowest BCUT2D eigenvalue weighted by Gasteiger charge is -2.28. The van der Waals surface area contributed by atoms with Crippen LogP contribution in [0.2, 0.25) is 0 Å². The van der Waals surface area contributed by atoms with Gasteiger partial charge in [-0.1, -0.05) is 12.1 Å². The third-order valence-electron chi connectivity index (χ3n) is 3.22. The molecule has 0 bridgehead atoms. The predicted molar refractivity (Wildman–Crippen MR) is 62.2 cm³/mol. The number of hydrogen-bond donors (Lipinski definition) is 1. The van der Waals surface area contributed by atoms with Gasteiger partial charge < -0.3 is 10.1 Å². The van der Waals surface area contributed by atoms with Gasteiger partial charge in [0.05, 0.1) is 7.11 Å². The molecule has 1 aliphatic heterocycles. The quantitative estimate of drug-likeness (QED) is 0.797. The number of nitrogens with one attached hydrogen (secondary N) is 1. The largest absolute Gasteiger partial charge is 0.468 e. The summed E-state index contributed by atoms with van der Waals surface area (Å²) in [5.74, 6) is -0.160. The summed E-state index contributed by atoms with van der Waals surface area (Å²) in [7, 11) is 1.39. The van der Waals surface area contributed by atoms with Crippen LogP contribution in [0.15, 0.2) is 24.3 Å². The van der Waals surface area contributed by atoms with E-state index in [2.05, 4.69) is 10.1 Å². The van der Waals surface area contributed by atoms with Crippen molar-refractivity contribution in [3.05, 3.63) is 35.6 Å². The van der Waals surface area contributed by atoms with Gasteiger partial charge in [-0.05, 0) is 36.5 Å². The van der Waals surface area contributed by atoms with E-state index in [-0.39, 0.29) is 23.7 Å². The molecule has 4 heteroatoms. The van der Waals surface area contributed by atoms with Gasteiger partial charge in [0.15, 0.2) is 0 Å². The van der Waals surface area contributed by atoms with Crippen LogP contribution in [-0.2, 0) is 9.53 Å². The summed E-state index contributed by atoms with van der Waals surface area (Å²) in [6, 6.07) is 6.43. The normalized spacial score (nSPS) is 24.4. The molecule has 2 atom stereocenters. The van der Waals surface area contributed by atoms with Gasteiger partial charge in [0.1, 0.15) is 11.9 Å². The molecule has 2 rings (SSSR count). The summed E-state index contributed by atoms with van der Waals surface area (Å²) in [5.41, 5.74) is 0.987. The first-order valence-electron chi connectivity index (χ1n) is 5.77. The second-order valence-corrected chi connectivity index (χ2v) is 4.31. The zero-order chi connectivity index (χ0) is 12.3. The fraction of sp³-hybridized carbons (Fsp3) is 0.462. The number of rotatable bonds is 2. The number of benzene rings is 1. The van der Waals surface area contributed by atoms with E-state index in [0.29, 0.717) is 6.54 Å². The Kier molecular flexibility index (Phi) is 3.74. The molecular weight excluding hydrogens is 221 g/mol. The average Bonchev–Trinajstić information content (AvgIpc) is 2.38. The molecule has 2 unspecified atom stereocenters. The van der Waals surface area contributed by atoms with Gasteiger partial charge in [0.2, 0.25) is 0 Å². The van der Waals surface area contributed by atoms with Gasteiger partial charge in [-0.15, -0.1) is 0 Å². The van der Waals surface area contributed by atoms with Crippen molar-refractivity contribution in [2.75, 3.05) is 13.7 Å². The first kappa shape index (κ1) is 12.0. The van der Waals surface area contributed by atoms with Crippen molar-refractivity contribution in [1.82, 2.24) is 5.32 Å². The number of esters is 1. The van der Waals surface area contributed by atoms with Crippen LogP contribution in [0.5, 0.6) is 0 Å². The number of carbonyl (C=O) groups excluding carboxylic acids is 1. The maximum absolute atomic E-state index is 13.1. The fourth-order valence-electron chi connectivity index (χ4n) is 2.24. The third-order valence-corrected chi connectivity index (χ3v) is 3.22. The summed E-state index contributed by atoms with van der Waals surface area (Å²) >= 11 is 0. The predicted octanol–water partition coefficient (Wildman–Crippen LogP) is 1.83. The zero-order valence-corrected chi connectivity index (χ0v) is 9.78. The summed E-state index contributed by atoms with van der Waals surface area (Å²) < 4.78 is 17.8. The number of ether oxygens (including phenoxy) is 1. The minimum absolute atomic E-state index is 0.211. The van der Waals surface area contributed by atoms with Crippen LogP contribution >= 0.6 is 0 Å². The first-order chi connectivity index (χ1) is 8.20. The average molecular weight is 237 g/mol. The van der Waals surface area contributed by atoms with Gasteiger partial charge in [0.25, 0.3) is 0 Å². The van der Waals surface area contributed by atoms with Gasteiger partial charge in [-0.2, -0.15) is 0 Å². The fourth-order valence-corrected chi connectivity index (χ4v) is 2.24. The molecule has 0 aromatic heterocycles. The van der Waals surface area contributed by atoms with Crippen LogP contribution in [0.1, 0.15) is 24.3 Å². The molecule has 0 saturated carbocycles. The number of halogens is 1. The van der Waals surface area contributed by atoms with E-state index in [1.165, 1.54) is 13.2 Å².